The number of nitrogen functional groups attached to an aromatic ring is 1. The average Bonchev–Trinajstić information content (AvgIpc) is 3.17. The van der Waals surface area contributed by atoms with Crippen LogP contribution in [0.5, 0.6) is 5.75 Å². The number of rotatable bonds is 4. The molecule has 1 aromatic rings. The molecular weight excluding hydrogens is 228 g/mol. The SMILES string of the molecule is COc1ccc(N)c(NCC2OCC[C@@H]3C[C@H]23)c1. The van der Waals surface area contributed by atoms with Crippen LogP contribution >= 0.6 is 0 Å². The highest BCUT2D eigenvalue weighted by Crippen LogP contribution is 2.47. The number of anilines is 2. The summed E-state index contributed by atoms with van der Waals surface area (Å²) >= 11 is 0. The fourth-order valence-corrected chi connectivity index (χ4v) is 2.79. The highest BCUT2D eigenvalue weighted by atomic mass is 16.5. The predicted molar refractivity (Wildman–Crippen MR) is 71.9 cm³/mol. The number of benzene rings is 1. The van der Waals surface area contributed by atoms with Crippen LogP contribution in [0.25, 0.3) is 0 Å². The third kappa shape index (κ3) is 2.25. The van der Waals surface area contributed by atoms with Crippen LogP contribution in [-0.4, -0.2) is 26.4 Å². The highest BCUT2D eigenvalue weighted by molar-refractivity contribution is 5.68. The molecule has 18 heavy (non-hydrogen) atoms. The lowest BCUT2D eigenvalue weighted by Crippen LogP contribution is -2.29. The maximum atomic E-state index is 5.95. The van der Waals surface area contributed by atoms with Crippen molar-refractivity contribution in [3.8, 4) is 5.75 Å². The summed E-state index contributed by atoms with van der Waals surface area (Å²) in [4.78, 5) is 0. The maximum Gasteiger partial charge on any atom is 0.121 e. The van der Waals surface area contributed by atoms with Gasteiger partial charge in [0.05, 0.1) is 24.6 Å². The molecule has 1 saturated carbocycles. The highest BCUT2D eigenvalue weighted by Gasteiger charge is 2.45. The van der Waals surface area contributed by atoms with E-state index in [1.807, 2.05) is 18.2 Å². The molecule has 0 spiro atoms. The molecule has 3 N–H and O–H groups in total. The second-order valence-corrected chi connectivity index (χ2v) is 5.19. The molecule has 0 bridgehead atoms. The average molecular weight is 248 g/mol. The summed E-state index contributed by atoms with van der Waals surface area (Å²) in [7, 11) is 1.66. The summed E-state index contributed by atoms with van der Waals surface area (Å²) in [6.45, 7) is 1.74. The lowest BCUT2D eigenvalue weighted by Gasteiger charge is -2.23. The summed E-state index contributed by atoms with van der Waals surface area (Å²) in [5.74, 6) is 2.49. The molecular formula is C14H20N2O2. The van der Waals surface area contributed by atoms with Crippen molar-refractivity contribution in [2.45, 2.75) is 18.9 Å². The summed E-state index contributed by atoms with van der Waals surface area (Å²) in [6, 6.07) is 5.67. The minimum atomic E-state index is 0.342. The van der Waals surface area contributed by atoms with E-state index in [1.54, 1.807) is 7.11 Å². The molecule has 98 valence electrons. The van der Waals surface area contributed by atoms with E-state index in [9.17, 15) is 0 Å². The topological polar surface area (TPSA) is 56.5 Å². The van der Waals surface area contributed by atoms with E-state index < -0.39 is 0 Å². The van der Waals surface area contributed by atoms with Crippen molar-refractivity contribution in [2.24, 2.45) is 11.8 Å². The Kier molecular flexibility index (Phi) is 3.04. The fourth-order valence-electron chi connectivity index (χ4n) is 2.79. The van der Waals surface area contributed by atoms with E-state index in [-0.39, 0.29) is 0 Å². The summed E-state index contributed by atoms with van der Waals surface area (Å²) in [5, 5.41) is 3.38. The molecule has 2 fully saturated rings. The number of ether oxygens (including phenoxy) is 2. The van der Waals surface area contributed by atoms with Crippen LogP contribution in [-0.2, 0) is 4.74 Å². The molecule has 1 aromatic carbocycles. The minimum absolute atomic E-state index is 0.342. The van der Waals surface area contributed by atoms with Crippen molar-refractivity contribution in [1.29, 1.82) is 0 Å². The quantitative estimate of drug-likeness (QED) is 0.801. The first kappa shape index (κ1) is 11.7. The lowest BCUT2D eigenvalue weighted by molar-refractivity contribution is 0.0157. The Bertz CT molecular complexity index is 436. The van der Waals surface area contributed by atoms with Crippen molar-refractivity contribution in [1.82, 2.24) is 0 Å². The first-order valence-electron chi connectivity index (χ1n) is 6.57. The number of fused-ring (bicyclic) bond motifs is 1. The fraction of sp³-hybridized carbons (Fsp3) is 0.571. The monoisotopic (exact) mass is 248 g/mol. The third-order valence-corrected chi connectivity index (χ3v) is 4.03. The Hall–Kier alpha value is -1.42. The van der Waals surface area contributed by atoms with E-state index in [4.69, 9.17) is 15.2 Å². The van der Waals surface area contributed by atoms with Gasteiger partial charge in [-0.3, -0.25) is 0 Å². The molecule has 1 heterocycles. The summed E-state index contributed by atoms with van der Waals surface area (Å²) < 4.78 is 11.0. The minimum Gasteiger partial charge on any atom is -0.497 e. The first-order chi connectivity index (χ1) is 8.78. The predicted octanol–water partition coefficient (Wildman–Crippen LogP) is 2.11. The molecule has 1 aliphatic carbocycles. The molecule has 4 nitrogen and oxygen atoms in total. The molecule has 4 heteroatoms. The van der Waals surface area contributed by atoms with Crippen molar-refractivity contribution < 1.29 is 9.47 Å². The van der Waals surface area contributed by atoms with Gasteiger partial charge in [-0.05, 0) is 36.8 Å². The van der Waals surface area contributed by atoms with E-state index in [1.165, 1.54) is 12.8 Å². The second-order valence-electron chi connectivity index (χ2n) is 5.19. The Morgan fingerprint density at radius 2 is 2.39 bits per heavy atom. The number of nitrogens with one attached hydrogen (secondary N) is 1. The maximum absolute atomic E-state index is 5.95. The molecule has 1 aliphatic heterocycles. The van der Waals surface area contributed by atoms with Crippen molar-refractivity contribution in [2.75, 3.05) is 31.3 Å². The second kappa shape index (κ2) is 4.69. The van der Waals surface area contributed by atoms with Gasteiger partial charge in [0.2, 0.25) is 0 Å². The molecule has 1 saturated heterocycles. The van der Waals surface area contributed by atoms with Crippen molar-refractivity contribution in [3.05, 3.63) is 18.2 Å². The smallest absolute Gasteiger partial charge is 0.121 e. The Morgan fingerprint density at radius 1 is 1.50 bits per heavy atom. The lowest BCUT2D eigenvalue weighted by atomic mass is 10.1. The number of hydrogen-bond donors (Lipinski definition) is 2. The number of hydrogen-bond acceptors (Lipinski definition) is 4. The van der Waals surface area contributed by atoms with Gasteiger partial charge >= 0.3 is 0 Å². The molecule has 0 radical (unpaired) electrons. The van der Waals surface area contributed by atoms with E-state index in [2.05, 4.69) is 5.32 Å². The Balaban J connectivity index is 1.62. The van der Waals surface area contributed by atoms with Gasteiger partial charge in [0.15, 0.2) is 0 Å². The van der Waals surface area contributed by atoms with Crippen LogP contribution in [0.2, 0.25) is 0 Å². The van der Waals surface area contributed by atoms with Gasteiger partial charge in [0.25, 0.3) is 0 Å². The van der Waals surface area contributed by atoms with Crippen LogP contribution < -0.4 is 15.8 Å². The molecule has 2 aliphatic rings. The molecule has 3 atom stereocenters. The van der Waals surface area contributed by atoms with Gasteiger partial charge in [-0.15, -0.1) is 0 Å². The number of nitrogens with two attached hydrogens (primary N) is 1. The van der Waals surface area contributed by atoms with Crippen LogP contribution in [0, 0.1) is 11.8 Å². The summed E-state index contributed by atoms with van der Waals surface area (Å²) in [6.07, 6.45) is 2.91. The van der Waals surface area contributed by atoms with Gasteiger partial charge < -0.3 is 20.5 Å². The van der Waals surface area contributed by atoms with Crippen LogP contribution in [0.4, 0.5) is 11.4 Å². The van der Waals surface area contributed by atoms with Crippen LogP contribution in [0.1, 0.15) is 12.8 Å². The van der Waals surface area contributed by atoms with Gasteiger partial charge in [0, 0.05) is 19.2 Å². The van der Waals surface area contributed by atoms with Crippen molar-refractivity contribution >= 4 is 11.4 Å². The van der Waals surface area contributed by atoms with Crippen LogP contribution in [0.15, 0.2) is 18.2 Å². The van der Waals surface area contributed by atoms with Gasteiger partial charge in [-0.2, -0.15) is 0 Å². The molecule has 1 unspecified atom stereocenters. The standard InChI is InChI=1S/C14H20N2O2/c1-17-10-2-3-12(15)13(7-10)16-8-14-11-6-9(11)4-5-18-14/h2-3,7,9,11,14,16H,4-6,8,15H2,1H3/t9-,11+,14?/m1/s1. The Labute approximate surface area is 107 Å². The normalized spacial score (nSPS) is 29.5. The zero-order valence-corrected chi connectivity index (χ0v) is 10.7. The molecule has 0 aromatic heterocycles. The Morgan fingerprint density at radius 3 is 3.22 bits per heavy atom. The largest absolute Gasteiger partial charge is 0.497 e. The van der Waals surface area contributed by atoms with Crippen LogP contribution in [0.3, 0.4) is 0 Å². The van der Waals surface area contributed by atoms with Gasteiger partial charge in [-0.25, -0.2) is 0 Å². The molecule has 0 amide bonds. The third-order valence-electron chi connectivity index (χ3n) is 4.03. The van der Waals surface area contributed by atoms with Gasteiger partial charge in [-0.1, -0.05) is 0 Å². The first-order valence-corrected chi connectivity index (χ1v) is 6.57. The van der Waals surface area contributed by atoms with Gasteiger partial charge in [0.1, 0.15) is 5.75 Å². The van der Waals surface area contributed by atoms with Crippen molar-refractivity contribution in [3.63, 3.8) is 0 Å². The zero-order chi connectivity index (χ0) is 12.5. The van der Waals surface area contributed by atoms with E-state index in [0.29, 0.717) is 6.10 Å². The van der Waals surface area contributed by atoms with E-state index >= 15 is 0 Å². The zero-order valence-electron chi connectivity index (χ0n) is 10.7. The molecule has 3 rings (SSSR count). The summed E-state index contributed by atoms with van der Waals surface area (Å²) in [5.41, 5.74) is 7.63. The number of methoxy groups -OCH3 is 1. The van der Waals surface area contributed by atoms with E-state index in [0.717, 1.165) is 42.1 Å².